The normalized spacial score (nSPS) is 16.3. The Morgan fingerprint density at radius 2 is 2.30 bits per heavy atom. The minimum atomic E-state index is -0.0489. The standard InChI is InChI=1S/C15H21N3O2/c1-11(16)7-8-14(19)17-12-4-2-5-13(10-12)18-9-3-6-15(18)20/h2,4-5,10-11H,3,6-9,16H2,1H3,(H,17,19). The van der Waals surface area contributed by atoms with Gasteiger partial charge in [0.05, 0.1) is 0 Å². The van der Waals surface area contributed by atoms with Crippen molar-refractivity contribution in [3.63, 3.8) is 0 Å². The van der Waals surface area contributed by atoms with Crippen molar-refractivity contribution in [3.8, 4) is 0 Å². The molecule has 0 aromatic heterocycles. The lowest BCUT2D eigenvalue weighted by Crippen LogP contribution is -2.24. The van der Waals surface area contributed by atoms with E-state index in [0.717, 1.165) is 24.3 Å². The van der Waals surface area contributed by atoms with Crippen LogP contribution in [0, 0.1) is 0 Å². The number of anilines is 2. The molecule has 1 aliphatic heterocycles. The predicted molar refractivity (Wildman–Crippen MR) is 79.5 cm³/mol. The zero-order valence-electron chi connectivity index (χ0n) is 11.8. The fourth-order valence-electron chi connectivity index (χ4n) is 2.25. The van der Waals surface area contributed by atoms with Gasteiger partial charge in [-0.1, -0.05) is 6.07 Å². The molecule has 1 saturated heterocycles. The molecule has 1 atom stereocenters. The Morgan fingerprint density at radius 3 is 2.95 bits per heavy atom. The summed E-state index contributed by atoms with van der Waals surface area (Å²) >= 11 is 0. The SMILES string of the molecule is CC(N)CCC(=O)Nc1cccc(N2CCCC2=O)c1. The molecule has 1 heterocycles. The van der Waals surface area contributed by atoms with E-state index in [2.05, 4.69) is 5.32 Å². The number of hydrogen-bond donors (Lipinski definition) is 2. The van der Waals surface area contributed by atoms with E-state index in [-0.39, 0.29) is 17.9 Å². The molecule has 5 nitrogen and oxygen atoms in total. The van der Waals surface area contributed by atoms with E-state index in [1.807, 2.05) is 31.2 Å². The smallest absolute Gasteiger partial charge is 0.227 e. The van der Waals surface area contributed by atoms with Crippen LogP contribution < -0.4 is 16.0 Å². The zero-order chi connectivity index (χ0) is 14.5. The van der Waals surface area contributed by atoms with Crippen molar-refractivity contribution in [1.82, 2.24) is 0 Å². The van der Waals surface area contributed by atoms with E-state index >= 15 is 0 Å². The van der Waals surface area contributed by atoms with E-state index in [0.29, 0.717) is 19.3 Å². The van der Waals surface area contributed by atoms with E-state index in [1.54, 1.807) is 4.90 Å². The number of nitrogens with zero attached hydrogens (tertiary/aromatic N) is 1. The van der Waals surface area contributed by atoms with Gasteiger partial charge in [-0.15, -0.1) is 0 Å². The second-order valence-corrected chi connectivity index (χ2v) is 5.26. The summed E-state index contributed by atoms with van der Waals surface area (Å²) in [6, 6.07) is 7.43. The number of rotatable bonds is 5. The molecule has 1 unspecified atom stereocenters. The van der Waals surface area contributed by atoms with E-state index in [1.165, 1.54) is 0 Å². The van der Waals surface area contributed by atoms with Crippen LogP contribution in [0.25, 0.3) is 0 Å². The van der Waals surface area contributed by atoms with Gasteiger partial charge in [-0.3, -0.25) is 9.59 Å². The summed E-state index contributed by atoms with van der Waals surface area (Å²) in [5, 5.41) is 2.84. The number of carbonyl (C=O) groups is 2. The lowest BCUT2D eigenvalue weighted by atomic mass is 10.2. The summed E-state index contributed by atoms with van der Waals surface area (Å²) in [4.78, 5) is 25.2. The van der Waals surface area contributed by atoms with E-state index < -0.39 is 0 Å². The molecule has 0 bridgehead atoms. The van der Waals surface area contributed by atoms with Crippen molar-refractivity contribution in [1.29, 1.82) is 0 Å². The maximum Gasteiger partial charge on any atom is 0.227 e. The van der Waals surface area contributed by atoms with Crippen molar-refractivity contribution in [3.05, 3.63) is 24.3 Å². The van der Waals surface area contributed by atoms with Gasteiger partial charge < -0.3 is 16.0 Å². The van der Waals surface area contributed by atoms with Gasteiger partial charge in [0, 0.05) is 36.8 Å². The molecule has 20 heavy (non-hydrogen) atoms. The Morgan fingerprint density at radius 1 is 1.50 bits per heavy atom. The molecule has 108 valence electrons. The van der Waals surface area contributed by atoms with Gasteiger partial charge >= 0.3 is 0 Å². The minimum absolute atomic E-state index is 0.0225. The van der Waals surface area contributed by atoms with Crippen molar-refractivity contribution >= 4 is 23.2 Å². The Labute approximate surface area is 119 Å². The highest BCUT2D eigenvalue weighted by Crippen LogP contribution is 2.24. The Bertz CT molecular complexity index is 500. The second kappa shape index (κ2) is 6.52. The quantitative estimate of drug-likeness (QED) is 0.861. The average molecular weight is 275 g/mol. The van der Waals surface area contributed by atoms with Gasteiger partial charge in [-0.25, -0.2) is 0 Å². The molecule has 2 rings (SSSR count). The molecule has 0 radical (unpaired) electrons. The summed E-state index contributed by atoms with van der Waals surface area (Å²) in [6.45, 7) is 2.63. The number of hydrogen-bond acceptors (Lipinski definition) is 3. The fourth-order valence-corrected chi connectivity index (χ4v) is 2.25. The van der Waals surface area contributed by atoms with Crippen LogP contribution in [0.2, 0.25) is 0 Å². The molecule has 1 aromatic carbocycles. The third-order valence-corrected chi connectivity index (χ3v) is 3.34. The summed E-state index contributed by atoms with van der Waals surface area (Å²) in [5.41, 5.74) is 7.20. The third-order valence-electron chi connectivity index (χ3n) is 3.34. The molecule has 3 N–H and O–H groups in total. The Kier molecular flexibility index (Phi) is 4.74. The highest BCUT2D eigenvalue weighted by molar-refractivity contribution is 5.97. The topological polar surface area (TPSA) is 75.4 Å². The van der Waals surface area contributed by atoms with Crippen LogP contribution in [0.4, 0.5) is 11.4 Å². The summed E-state index contributed by atoms with van der Waals surface area (Å²) in [6.07, 6.45) is 2.56. The van der Waals surface area contributed by atoms with E-state index in [9.17, 15) is 9.59 Å². The molecule has 0 saturated carbocycles. The maximum atomic E-state index is 11.8. The maximum absolute atomic E-state index is 11.8. The number of carbonyl (C=O) groups excluding carboxylic acids is 2. The van der Waals surface area contributed by atoms with Crippen LogP contribution in [-0.2, 0) is 9.59 Å². The van der Waals surface area contributed by atoms with Gasteiger partial charge in [0.15, 0.2) is 0 Å². The summed E-state index contributed by atoms with van der Waals surface area (Å²) in [7, 11) is 0. The van der Waals surface area contributed by atoms with Crippen LogP contribution >= 0.6 is 0 Å². The van der Waals surface area contributed by atoms with Crippen molar-refractivity contribution in [2.45, 2.75) is 38.6 Å². The first-order chi connectivity index (χ1) is 9.56. The lowest BCUT2D eigenvalue weighted by molar-refractivity contribution is -0.117. The molecule has 1 aliphatic rings. The van der Waals surface area contributed by atoms with Crippen molar-refractivity contribution in [2.24, 2.45) is 5.73 Å². The van der Waals surface area contributed by atoms with Crippen molar-refractivity contribution < 1.29 is 9.59 Å². The van der Waals surface area contributed by atoms with Crippen LogP contribution in [0.5, 0.6) is 0 Å². The van der Waals surface area contributed by atoms with Crippen LogP contribution in [-0.4, -0.2) is 24.4 Å². The highest BCUT2D eigenvalue weighted by Gasteiger charge is 2.21. The van der Waals surface area contributed by atoms with Gasteiger partial charge in [0.2, 0.25) is 11.8 Å². The zero-order valence-corrected chi connectivity index (χ0v) is 11.8. The first kappa shape index (κ1) is 14.5. The molecular formula is C15H21N3O2. The monoisotopic (exact) mass is 275 g/mol. The van der Waals surface area contributed by atoms with Crippen molar-refractivity contribution in [2.75, 3.05) is 16.8 Å². The lowest BCUT2D eigenvalue weighted by Gasteiger charge is -2.16. The van der Waals surface area contributed by atoms with Crippen LogP contribution in [0.1, 0.15) is 32.6 Å². The Hall–Kier alpha value is -1.88. The van der Waals surface area contributed by atoms with Gasteiger partial charge in [-0.2, -0.15) is 0 Å². The first-order valence-electron chi connectivity index (χ1n) is 7.02. The third kappa shape index (κ3) is 3.81. The number of nitrogens with one attached hydrogen (secondary N) is 1. The second-order valence-electron chi connectivity index (χ2n) is 5.26. The minimum Gasteiger partial charge on any atom is -0.328 e. The predicted octanol–water partition coefficient (Wildman–Crippen LogP) is 1.88. The fraction of sp³-hybridized carbons (Fsp3) is 0.467. The number of amides is 2. The van der Waals surface area contributed by atoms with Gasteiger partial charge in [0.1, 0.15) is 0 Å². The largest absolute Gasteiger partial charge is 0.328 e. The number of nitrogens with two attached hydrogens (primary N) is 1. The molecule has 1 aromatic rings. The average Bonchev–Trinajstić information content (AvgIpc) is 2.83. The molecule has 5 heteroatoms. The van der Waals surface area contributed by atoms with Gasteiger partial charge in [0.25, 0.3) is 0 Å². The number of benzene rings is 1. The van der Waals surface area contributed by atoms with Crippen LogP contribution in [0.15, 0.2) is 24.3 Å². The summed E-state index contributed by atoms with van der Waals surface area (Å²) in [5.74, 6) is 0.0950. The van der Waals surface area contributed by atoms with E-state index in [4.69, 9.17) is 5.73 Å². The highest BCUT2D eigenvalue weighted by atomic mass is 16.2. The van der Waals surface area contributed by atoms with Gasteiger partial charge in [-0.05, 0) is 38.0 Å². The molecular weight excluding hydrogens is 254 g/mol. The summed E-state index contributed by atoms with van der Waals surface area (Å²) < 4.78 is 0. The molecule has 1 fully saturated rings. The first-order valence-corrected chi connectivity index (χ1v) is 7.02. The molecule has 2 amide bonds. The van der Waals surface area contributed by atoms with Crippen LogP contribution in [0.3, 0.4) is 0 Å². The molecule has 0 aliphatic carbocycles. The molecule has 0 spiro atoms. The Balaban J connectivity index is 1.99.